The van der Waals surface area contributed by atoms with Crippen molar-refractivity contribution in [1.82, 2.24) is 0 Å². The van der Waals surface area contributed by atoms with Crippen LogP contribution in [0.5, 0.6) is 11.5 Å². The van der Waals surface area contributed by atoms with E-state index in [0.29, 0.717) is 0 Å². The molecule has 1 fully saturated rings. The van der Waals surface area contributed by atoms with Crippen molar-refractivity contribution in [1.29, 1.82) is 0 Å². The first-order chi connectivity index (χ1) is 22.2. The van der Waals surface area contributed by atoms with Crippen molar-refractivity contribution >= 4 is 45.9 Å². The average Bonchev–Trinajstić information content (AvgIpc) is 3.68. The molecule has 5 heteroatoms. The zero-order chi connectivity index (χ0) is 30.8. The molecular weight excluding hydrogens is 573 g/mol. The number of nitrogens with zero attached hydrogens (tertiary/aromatic N) is 2. The lowest BCUT2D eigenvalue weighted by Gasteiger charge is -2.26. The van der Waals surface area contributed by atoms with Crippen LogP contribution in [0.15, 0.2) is 158 Å². The number of benzene rings is 6. The van der Waals surface area contributed by atoms with Crippen LogP contribution in [0.1, 0.15) is 12.8 Å². The number of thioether (sulfide) groups is 1. The Labute approximate surface area is 269 Å². The summed E-state index contributed by atoms with van der Waals surface area (Å²) in [4.78, 5) is 4.25. The minimum atomic E-state index is 0.227. The van der Waals surface area contributed by atoms with E-state index in [9.17, 15) is 10.2 Å². The number of rotatable bonds is 7. The SMILES string of the molecule is C1CCSC1.Oc1cccc(N(c2ccccc2)c2ccc(-c3ccc(N(c4ccccc4)c4cccc(O)c4)cc3)cc2)c1. The van der Waals surface area contributed by atoms with E-state index in [1.807, 2.05) is 60.7 Å². The van der Waals surface area contributed by atoms with E-state index in [1.54, 1.807) is 24.3 Å². The fourth-order valence-electron chi connectivity index (χ4n) is 5.43. The lowest BCUT2D eigenvalue weighted by molar-refractivity contribution is 0.475. The summed E-state index contributed by atoms with van der Waals surface area (Å²) in [6, 6.07) is 51.7. The summed E-state index contributed by atoms with van der Waals surface area (Å²) in [7, 11) is 0. The Kier molecular flexibility index (Phi) is 9.68. The van der Waals surface area contributed by atoms with E-state index < -0.39 is 0 Å². The Bertz CT molecular complexity index is 1650. The maximum atomic E-state index is 10.1. The second kappa shape index (κ2) is 14.6. The standard InChI is InChI=1S/C36H28N2O2.C4H8S/c39-35-15-7-13-33(25-35)37(29-9-3-1-4-10-29)31-21-17-27(18-22-31)28-19-23-32(24-20-28)38(30-11-5-2-6-12-30)34-14-8-16-36(40)26-34;1-2-4-5-3-1/h1-26,39-40H;1-4H2. The van der Waals surface area contributed by atoms with Gasteiger partial charge in [-0.25, -0.2) is 0 Å². The molecule has 7 rings (SSSR count). The van der Waals surface area contributed by atoms with Crippen LogP contribution in [0.3, 0.4) is 0 Å². The highest BCUT2D eigenvalue weighted by atomic mass is 32.2. The summed E-state index contributed by atoms with van der Waals surface area (Å²) >= 11 is 2.07. The van der Waals surface area contributed by atoms with Gasteiger partial charge in [0.15, 0.2) is 0 Å². The second-order valence-corrected chi connectivity index (χ2v) is 12.0. The molecule has 1 heterocycles. The summed E-state index contributed by atoms with van der Waals surface area (Å²) in [5.74, 6) is 3.29. The van der Waals surface area contributed by atoms with Gasteiger partial charge in [-0.3, -0.25) is 0 Å². The number of anilines is 6. The quantitative estimate of drug-likeness (QED) is 0.189. The number of hydrogen-bond donors (Lipinski definition) is 2. The van der Waals surface area contributed by atoms with Crippen LogP contribution >= 0.6 is 11.8 Å². The summed E-state index contributed by atoms with van der Waals surface area (Å²) in [6.45, 7) is 0. The second-order valence-electron chi connectivity index (χ2n) is 10.8. The van der Waals surface area contributed by atoms with Gasteiger partial charge in [0.25, 0.3) is 0 Å². The van der Waals surface area contributed by atoms with Gasteiger partial charge in [0.1, 0.15) is 11.5 Å². The molecule has 2 N–H and O–H groups in total. The highest BCUT2D eigenvalue weighted by Gasteiger charge is 2.15. The molecule has 6 aromatic rings. The Morgan fingerprint density at radius 2 is 0.733 bits per heavy atom. The van der Waals surface area contributed by atoms with E-state index >= 15 is 0 Å². The zero-order valence-corrected chi connectivity index (χ0v) is 25.9. The molecule has 0 aliphatic carbocycles. The molecule has 0 aromatic heterocycles. The van der Waals surface area contributed by atoms with Crippen LogP contribution in [0.25, 0.3) is 11.1 Å². The maximum absolute atomic E-state index is 10.1. The first-order valence-corrected chi connectivity index (χ1v) is 16.4. The number of phenols is 2. The lowest BCUT2D eigenvalue weighted by Crippen LogP contribution is -2.09. The van der Waals surface area contributed by atoms with Crippen LogP contribution in [0.4, 0.5) is 34.1 Å². The molecule has 0 saturated carbocycles. The zero-order valence-electron chi connectivity index (χ0n) is 25.0. The largest absolute Gasteiger partial charge is 0.508 e. The third-order valence-electron chi connectivity index (χ3n) is 7.62. The highest BCUT2D eigenvalue weighted by molar-refractivity contribution is 7.99. The Morgan fingerprint density at radius 1 is 0.378 bits per heavy atom. The summed E-state index contributed by atoms with van der Waals surface area (Å²) in [5, 5.41) is 20.3. The van der Waals surface area contributed by atoms with Crippen LogP contribution in [0.2, 0.25) is 0 Å². The minimum absolute atomic E-state index is 0.227. The summed E-state index contributed by atoms with van der Waals surface area (Å²) < 4.78 is 0. The van der Waals surface area contributed by atoms with Gasteiger partial charge in [0.05, 0.1) is 0 Å². The Balaban J connectivity index is 0.000000652. The predicted octanol–water partition coefficient (Wildman–Crippen LogP) is 11.2. The highest BCUT2D eigenvalue weighted by Crippen LogP contribution is 2.39. The molecule has 4 nitrogen and oxygen atoms in total. The van der Waals surface area contributed by atoms with E-state index in [-0.39, 0.29) is 11.5 Å². The van der Waals surface area contributed by atoms with Crippen molar-refractivity contribution in [2.45, 2.75) is 12.8 Å². The first-order valence-electron chi connectivity index (χ1n) is 15.2. The maximum Gasteiger partial charge on any atom is 0.117 e. The summed E-state index contributed by atoms with van der Waals surface area (Å²) in [6.07, 6.45) is 2.93. The summed E-state index contributed by atoms with van der Waals surface area (Å²) in [5.41, 5.74) is 7.99. The van der Waals surface area contributed by atoms with Gasteiger partial charge < -0.3 is 20.0 Å². The number of phenolic OH excluding ortho intramolecular Hbond substituents is 2. The fourth-order valence-corrected chi connectivity index (χ4v) is 6.45. The van der Waals surface area contributed by atoms with Crippen molar-refractivity contribution in [3.05, 3.63) is 158 Å². The molecule has 0 amide bonds. The fraction of sp³-hybridized carbons (Fsp3) is 0.100. The van der Waals surface area contributed by atoms with E-state index in [2.05, 4.69) is 94.4 Å². The van der Waals surface area contributed by atoms with Crippen molar-refractivity contribution in [3.8, 4) is 22.6 Å². The molecular formula is C40H36N2O2S. The van der Waals surface area contributed by atoms with Crippen LogP contribution in [-0.4, -0.2) is 21.7 Å². The van der Waals surface area contributed by atoms with E-state index in [4.69, 9.17) is 0 Å². The van der Waals surface area contributed by atoms with Crippen LogP contribution in [-0.2, 0) is 0 Å². The Hall–Kier alpha value is -5.13. The number of hydrogen-bond acceptors (Lipinski definition) is 5. The monoisotopic (exact) mass is 608 g/mol. The van der Waals surface area contributed by atoms with E-state index in [0.717, 1.165) is 45.3 Å². The molecule has 0 bridgehead atoms. The molecule has 0 atom stereocenters. The minimum Gasteiger partial charge on any atom is -0.508 e. The Morgan fingerprint density at radius 3 is 1.07 bits per heavy atom. The van der Waals surface area contributed by atoms with Crippen LogP contribution < -0.4 is 9.80 Å². The molecule has 1 saturated heterocycles. The van der Waals surface area contributed by atoms with Gasteiger partial charge in [-0.2, -0.15) is 11.8 Å². The van der Waals surface area contributed by atoms with E-state index in [1.165, 1.54) is 24.3 Å². The van der Waals surface area contributed by atoms with Crippen molar-refractivity contribution in [3.63, 3.8) is 0 Å². The predicted molar refractivity (Wildman–Crippen MR) is 191 cm³/mol. The topological polar surface area (TPSA) is 46.9 Å². The average molecular weight is 609 g/mol. The molecule has 0 unspecified atom stereocenters. The smallest absolute Gasteiger partial charge is 0.117 e. The van der Waals surface area contributed by atoms with Gasteiger partial charge in [0, 0.05) is 46.3 Å². The molecule has 1 aliphatic heterocycles. The van der Waals surface area contributed by atoms with Gasteiger partial charge in [-0.15, -0.1) is 0 Å². The van der Waals surface area contributed by atoms with Crippen LogP contribution in [0, 0.1) is 0 Å². The third-order valence-corrected chi connectivity index (χ3v) is 8.77. The molecule has 0 radical (unpaired) electrons. The molecule has 0 spiro atoms. The van der Waals surface area contributed by atoms with Gasteiger partial charge in [-0.1, -0.05) is 72.8 Å². The van der Waals surface area contributed by atoms with Crippen molar-refractivity contribution in [2.24, 2.45) is 0 Å². The molecule has 224 valence electrons. The number of para-hydroxylation sites is 2. The molecule has 6 aromatic carbocycles. The van der Waals surface area contributed by atoms with Crippen molar-refractivity contribution < 1.29 is 10.2 Å². The van der Waals surface area contributed by atoms with Crippen molar-refractivity contribution in [2.75, 3.05) is 21.3 Å². The molecule has 1 aliphatic rings. The third kappa shape index (κ3) is 7.51. The first kappa shape index (κ1) is 29.9. The lowest BCUT2D eigenvalue weighted by atomic mass is 10.0. The van der Waals surface area contributed by atoms with Gasteiger partial charge in [0.2, 0.25) is 0 Å². The number of aromatic hydroxyl groups is 2. The normalized spacial score (nSPS) is 12.2. The van der Waals surface area contributed by atoms with Gasteiger partial charge >= 0.3 is 0 Å². The molecule has 45 heavy (non-hydrogen) atoms. The van der Waals surface area contributed by atoms with Gasteiger partial charge in [-0.05, 0) is 108 Å².